The molecule has 2 N–H and O–H groups in total. The van der Waals surface area contributed by atoms with Crippen LogP contribution in [0.1, 0.15) is 18.1 Å². The van der Waals surface area contributed by atoms with Gasteiger partial charge in [0.2, 0.25) is 0 Å². The Labute approximate surface area is 141 Å². The second-order valence-electron chi connectivity index (χ2n) is 4.72. The first-order valence-electron chi connectivity index (χ1n) is 6.93. The van der Waals surface area contributed by atoms with Crippen molar-refractivity contribution in [2.45, 2.75) is 13.1 Å². The number of aromatic hydroxyl groups is 1. The molecular weight excluding hydrogens is 345 g/mol. The van der Waals surface area contributed by atoms with Crippen LogP contribution in [0, 0.1) is 0 Å². The maximum absolute atomic E-state index is 12.7. The topological polar surface area (TPSA) is 53.8 Å². The highest BCUT2D eigenvalue weighted by Crippen LogP contribution is 2.33. The molecule has 0 atom stereocenters. The van der Waals surface area contributed by atoms with Crippen molar-refractivity contribution in [2.75, 3.05) is 12.0 Å². The van der Waals surface area contributed by atoms with Gasteiger partial charge < -0.3 is 9.84 Å². The van der Waals surface area contributed by atoms with Gasteiger partial charge in [0.15, 0.2) is 11.5 Å². The van der Waals surface area contributed by atoms with Gasteiger partial charge in [-0.1, -0.05) is 11.6 Å². The molecule has 0 amide bonds. The van der Waals surface area contributed by atoms with Crippen molar-refractivity contribution in [3.8, 4) is 11.5 Å². The largest absolute Gasteiger partial charge is 0.504 e. The SMILES string of the molecule is CCOc1cc(C=NNc2cc(C(F)(F)F)ccc2Cl)ccc1O. The number of halogens is 4. The summed E-state index contributed by atoms with van der Waals surface area (Å²) >= 11 is 5.86. The van der Waals surface area contributed by atoms with E-state index in [4.69, 9.17) is 16.3 Å². The minimum Gasteiger partial charge on any atom is -0.504 e. The lowest BCUT2D eigenvalue weighted by molar-refractivity contribution is -0.137. The molecule has 24 heavy (non-hydrogen) atoms. The molecule has 2 aromatic carbocycles. The van der Waals surface area contributed by atoms with Gasteiger partial charge in [0.1, 0.15) is 0 Å². The zero-order valence-corrected chi connectivity index (χ0v) is 13.3. The average Bonchev–Trinajstić information content (AvgIpc) is 2.51. The van der Waals surface area contributed by atoms with Crippen LogP contribution in [0.15, 0.2) is 41.5 Å². The number of nitrogens with one attached hydrogen (secondary N) is 1. The lowest BCUT2D eigenvalue weighted by atomic mass is 10.2. The minimum absolute atomic E-state index is 0.0112. The molecule has 0 heterocycles. The standard InChI is InChI=1S/C16H14ClF3N2O2/c1-2-24-15-7-10(3-6-14(15)23)9-21-22-13-8-11(16(18,19)20)4-5-12(13)17/h3-9,22-23H,2H2,1H3. The quantitative estimate of drug-likeness (QED) is 0.590. The number of nitrogens with zero attached hydrogens (tertiary/aromatic N) is 1. The van der Waals surface area contributed by atoms with Crippen LogP contribution < -0.4 is 10.2 Å². The minimum atomic E-state index is -4.46. The van der Waals surface area contributed by atoms with Crippen LogP contribution in [0.3, 0.4) is 0 Å². The van der Waals surface area contributed by atoms with Gasteiger partial charge >= 0.3 is 6.18 Å². The number of hydrogen-bond acceptors (Lipinski definition) is 4. The lowest BCUT2D eigenvalue weighted by Crippen LogP contribution is -2.05. The number of alkyl halides is 3. The second kappa shape index (κ2) is 7.44. The molecule has 0 aliphatic rings. The van der Waals surface area contributed by atoms with Crippen molar-refractivity contribution in [2.24, 2.45) is 5.10 Å². The van der Waals surface area contributed by atoms with E-state index in [2.05, 4.69) is 10.5 Å². The smallest absolute Gasteiger partial charge is 0.416 e. The molecule has 0 bridgehead atoms. The summed E-state index contributed by atoms with van der Waals surface area (Å²) in [7, 11) is 0. The molecule has 128 valence electrons. The van der Waals surface area contributed by atoms with Crippen LogP contribution in [0.25, 0.3) is 0 Å². The molecule has 0 radical (unpaired) electrons. The molecule has 0 unspecified atom stereocenters. The van der Waals surface area contributed by atoms with Crippen molar-refractivity contribution in [1.82, 2.24) is 0 Å². The van der Waals surface area contributed by atoms with Gasteiger partial charge in [-0.3, -0.25) is 5.43 Å². The Morgan fingerprint density at radius 2 is 2.00 bits per heavy atom. The molecule has 0 aliphatic carbocycles. The first kappa shape index (κ1) is 17.9. The first-order chi connectivity index (χ1) is 11.3. The van der Waals surface area contributed by atoms with Crippen LogP contribution in [-0.4, -0.2) is 17.9 Å². The monoisotopic (exact) mass is 358 g/mol. The van der Waals surface area contributed by atoms with Crippen molar-refractivity contribution >= 4 is 23.5 Å². The summed E-state index contributed by atoms with van der Waals surface area (Å²) in [5.41, 5.74) is 2.27. The van der Waals surface area contributed by atoms with Crippen molar-refractivity contribution in [1.29, 1.82) is 0 Å². The Balaban J connectivity index is 2.16. The van der Waals surface area contributed by atoms with Crippen LogP contribution >= 0.6 is 11.6 Å². The predicted octanol–water partition coefficient (Wildman–Crippen LogP) is 4.91. The van der Waals surface area contributed by atoms with Gasteiger partial charge in [0, 0.05) is 0 Å². The number of benzene rings is 2. The third-order valence-corrected chi connectivity index (χ3v) is 3.31. The van der Waals surface area contributed by atoms with E-state index in [-0.39, 0.29) is 16.5 Å². The second-order valence-corrected chi connectivity index (χ2v) is 5.13. The first-order valence-corrected chi connectivity index (χ1v) is 7.30. The summed E-state index contributed by atoms with van der Waals surface area (Å²) in [5.74, 6) is 0.279. The van der Waals surface area contributed by atoms with Gasteiger partial charge in [0.05, 0.1) is 29.1 Å². The molecule has 8 heteroatoms. The summed E-state index contributed by atoms with van der Waals surface area (Å²) in [6.07, 6.45) is -3.09. The summed E-state index contributed by atoms with van der Waals surface area (Å²) in [6, 6.07) is 7.49. The van der Waals surface area contributed by atoms with Gasteiger partial charge in [-0.2, -0.15) is 18.3 Å². The Morgan fingerprint density at radius 3 is 2.67 bits per heavy atom. The van der Waals surface area contributed by atoms with Crippen LogP contribution in [-0.2, 0) is 6.18 Å². The average molecular weight is 359 g/mol. The van der Waals surface area contributed by atoms with E-state index in [1.54, 1.807) is 19.1 Å². The molecule has 0 fully saturated rings. The molecule has 2 aromatic rings. The molecule has 0 spiro atoms. The molecule has 0 saturated carbocycles. The Bertz CT molecular complexity index is 749. The highest BCUT2D eigenvalue weighted by atomic mass is 35.5. The fourth-order valence-corrected chi connectivity index (χ4v) is 2.01. The van der Waals surface area contributed by atoms with E-state index in [0.717, 1.165) is 18.2 Å². The summed E-state index contributed by atoms with van der Waals surface area (Å²) in [4.78, 5) is 0. The summed E-state index contributed by atoms with van der Waals surface area (Å²) in [6.45, 7) is 2.16. The number of ether oxygens (including phenoxy) is 1. The highest BCUT2D eigenvalue weighted by Gasteiger charge is 2.30. The molecule has 0 aliphatic heterocycles. The normalized spacial score (nSPS) is 11.7. The number of hydrazone groups is 1. The van der Waals surface area contributed by atoms with Crippen molar-refractivity contribution in [3.63, 3.8) is 0 Å². The predicted molar refractivity (Wildman–Crippen MR) is 86.9 cm³/mol. The molecular formula is C16H14ClF3N2O2. The number of phenols is 1. The zero-order valence-electron chi connectivity index (χ0n) is 12.6. The number of rotatable bonds is 5. The lowest BCUT2D eigenvalue weighted by Gasteiger charge is -2.10. The van der Waals surface area contributed by atoms with Gasteiger partial charge in [-0.15, -0.1) is 0 Å². The highest BCUT2D eigenvalue weighted by molar-refractivity contribution is 6.33. The van der Waals surface area contributed by atoms with E-state index < -0.39 is 11.7 Å². The summed E-state index contributed by atoms with van der Waals surface area (Å²) in [5, 5.41) is 13.6. The van der Waals surface area contributed by atoms with Crippen molar-refractivity contribution < 1.29 is 23.0 Å². The number of anilines is 1. The third-order valence-electron chi connectivity index (χ3n) is 2.98. The zero-order chi connectivity index (χ0) is 17.7. The maximum Gasteiger partial charge on any atom is 0.416 e. The van der Waals surface area contributed by atoms with E-state index in [0.29, 0.717) is 17.9 Å². The summed E-state index contributed by atoms with van der Waals surface area (Å²) < 4.78 is 43.3. The molecule has 0 aromatic heterocycles. The molecule has 0 saturated heterocycles. The maximum atomic E-state index is 12.7. The van der Waals surface area contributed by atoms with Crippen LogP contribution in [0.5, 0.6) is 11.5 Å². The van der Waals surface area contributed by atoms with E-state index in [1.165, 1.54) is 12.3 Å². The number of phenolic OH excluding ortho intramolecular Hbond substituents is 1. The van der Waals surface area contributed by atoms with Crippen LogP contribution in [0.4, 0.5) is 18.9 Å². The number of hydrogen-bond donors (Lipinski definition) is 2. The van der Waals surface area contributed by atoms with E-state index in [1.807, 2.05) is 0 Å². The Kier molecular flexibility index (Phi) is 5.56. The third kappa shape index (κ3) is 4.55. The van der Waals surface area contributed by atoms with Gasteiger partial charge in [0.25, 0.3) is 0 Å². The fourth-order valence-electron chi connectivity index (χ4n) is 1.85. The molecule has 4 nitrogen and oxygen atoms in total. The van der Waals surface area contributed by atoms with Gasteiger partial charge in [-0.25, -0.2) is 0 Å². The van der Waals surface area contributed by atoms with Crippen LogP contribution in [0.2, 0.25) is 5.02 Å². The van der Waals surface area contributed by atoms with Gasteiger partial charge in [-0.05, 0) is 48.9 Å². The Hall–Kier alpha value is -2.41. The van der Waals surface area contributed by atoms with Crippen molar-refractivity contribution in [3.05, 3.63) is 52.5 Å². The van der Waals surface area contributed by atoms with E-state index >= 15 is 0 Å². The van der Waals surface area contributed by atoms with E-state index in [9.17, 15) is 18.3 Å². The fraction of sp³-hybridized carbons (Fsp3) is 0.188. The Morgan fingerprint density at radius 1 is 1.25 bits per heavy atom. The molecule has 2 rings (SSSR count).